The fourth-order valence-electron chi connectivity index (χ4n) is 2.54. The highest BCUT2D eigenvalue weighted by atomic mass is 16.4. The zero-order chi connectivity index (χ0) is 13.4. The van der Waals surface area contributed by atoms with Crippen molar-refractivity contribution in [3.63, 3.8) is 0 Å². The lowest BCUT2D eigenvalue weighted by molar-refractivity contribution is 0.536. The molecular weight excluding hydrogens is 250 g/mol. The van der Waals surface area contributed by atoms with Gasteiger partial charge in [-0.25, -0.2) is 9.59 Å². The molecule has 0 aliphatic carbocycles. The van der Waals surface area contributed by atoms with Crippen LogP contribution in [0.1, 0.15) is 12.0 Å². The van der Waals surface area contributed by atoms with Crippen molar-refractivity contribution in [1.29, 1.82) is 0 Å². The number of hydrogen-bond acceptors (Lipinski definition) is 5. The Morgan fingerprint density at radius 3 is 2.84 bits per heavy atom. The molecule has 0 amide bonds. The summed E-state index contributed by atoms with van der Waals surface area (Å²) in [5.41, 5.74) is -1.20. The Labute approximate surface area is 106 Å². The minimum absolute atomic E-state index is 0.0535. The van der Waals surface area contributed by atoms with Crippen molar-refractivity contribution in [2.24, 2.45) is 5.92 Å². The lowest BCUT2D eigenvalue weighted by Crippen LogP contribution is -2.24. The van der Waals surface area contributed by atoms with E-state index in [1.165, 1.54) is 6.07 Å². The lowest BCUT2D eigenvalue weighted by atomic mass is 9.98. The van der Waals surface area contributed by atoms with Gasteiger partial charge in [-0.15, -0.1) is 0 Å². The smallest absolute Gasteiger partial charge is 0.337 e. The monoisotopic (exact) mass is 263 g/mol. The number of nitrogens with one attached hydrogen (secondary N) is 3. The van der Waals surface area contributed by atoms with E-state index in [0.717, 1.165) is 19.5 Å². The van der Waals surface area contributed by atoms with E-state index in [-0.39, 0.29) is 11.1 Å². The van der Waals surface area contributed by atoms with Crippen molar-refractivity contribution < 1.29 is 4.42 Å². The third-order valence-corrected chi connectivity index (χ3v) is 3.40. The molecule has 0 spiro atoms. The summed E-state index contributed by atoms with van der Waals surface area (Å²) in [4.78, 5) is 39.0. The first-order valence-electron chi connectivity index (χ1n) is 6.13. The largest absolute Gasteiger partial charge is 0.405 e. The number of H-pyrrole nitrogens is 2. The Balaban J connectivity index is 2.19. The molecule has 19 heavy (non-hydrogen) atoms. The number of fused-ring (bicyclic) bond motifs is 1. The van der Waals surface area contributed by atoms with Gasteiger partial charge in [-0.05, 0) is 37.4 Å². The fourth-order valence-corrected chi connectivity index (χ4v) is 2.54. The van der Waals surface area contributed by atoms with E-state index in [2.05, 4.69) is 15.3 Å². The van der Waals surface area contributed by atoms with E-state index in [4.69, 9.17) is 4.42 Å². The van der Waals surface area contributed by atoms with E-state index in [9.17, 15) is 14.4 Å². The minimum atomic E-state index is -0.680. The van der Waals surface area contributed by atoms with Crippen LogP contribution in [0.3, 0.4) is 0 Å². The number of rotatable bonds is 2. The third-order valence-electron chi connectivity index (χ3n) is 3.40. The van der Waals surface area contributed by atoms with Crippen LogP contribution in [0, 0.1) is 5.92 Å². The molecule has 7 heteroatoms. The highest BCUT2D eigenvalue weighted by Gasteiger charge is 2.18. The van der Waals surface area contributed by atoms with Crippen LogP contribution in [0.25, 0.3) is 11.1 Å². The number of aromatic nitrogens is 2. The van der Waals surface area contributed by atoms with Gasteiger partial charge in [0.2, 0.25) is 5.71 Å². The Kier molecular flexibility index (Phi) is 2.83. The summed E-state index contributed by atoms with van der Waals surface area (Å²) < 4.78 is 4.88. The predicted molar refractivity (Wildman–Crippen MR) is 68.4 cm³/mol. The van der Waals surface area contributed by atoms with Crippen LogP contribution in [0.5, 0.6) is 0 Å². The molecule has 100 valence electrons. The molecule has 1 aliphatic heterocycles. The van der Waals surface area contributed by atoms with Gasteiger partial charge in [0.15, 0.2) is 0 Å². The maximum atomic E-state index is 11.9. The van der Waals surface area contributed by atoms with Crippen molar-refractivity contribution in [1.82, 2.24) is 15.3 Å². The standard InChI is InChI=1S/C12H13N3O4/c16-8-4-7(3-6-1-2-13-5-6)9-10(17)14-12(18)15-11(9)19-8/h4,6,13H,1-3,5H2,(H2,14,15,17,18). The van der Waals surface area contributed by atoms with Gasteiger partial charge in [0.25, 0.3) is 5.56 Å². The van der Waals surface area contributed by atoms with Crippen LogP contribution >= 0.6 is 0 Å². The SMILES string of the molecule is O=c1[nH]c(=O)c2c(CC3CCNC3)cc(=O)oc2[nH]1. The Hall–Kier alpha value is -2.15. The van der Waals surface area contributed by atoms with Crippen LogP contribution in [-0.4, -0.2) is 23.1 Å². The maximum absolute atomic E-state index is 11.9. The van der Waals surface area contributed by atoms with Crippen LogP contribution < -0.4 is 22.2 Å². The summed E-state index contributed by atoms with van der Waals surface area (Å²) in [6.07, 6.45) is 1.62. The molecule has 7 nitrogen and oxygen atoms in total. The molecule has 1 unspecified atom stereocenters. The molecule has 2 aromatic heterocycles. The Morgan fingerprint density at radius 1 is 1.26 bits per heavy atom. The number of aromatic amines is 2. The highest BCUT2D eigenvalue weighted by molar-refractivity contribution is 5.75. The van der Waals surface area contributed by atoms with Crippen molar-refractivity contribution in [2.75, 3.05) is 13.1 Å². The minimum Gasteiger partial charge on any atom is -0.405 e. The first-order chi connectivity index (χ1) is 9.13. The zero-order valence-corrected chi connectivity index (χ0v) is 10.1. The molecule has 0 saturated carbocycles. The molecule has 0 radical (unpaired) electrons. The molecule has 0 bridgehead atoms. The Bertz CT molecular complexity index is 775. The summed E-state index contributed by atoms with van der Waals surface area (Å²) in [5, 5.41) is 3.49. The summed E-state index contributed by atoms with van der Waals surface area (Å²) in [6, 6.07) is 1.33. The van der Waals surface area contributed by atoms with Crippen LogP contribution in [0.4, 0.5) is 0 Å². The van der Waals surface area contributed by atoms with Crippen molar-refractivity contribution in [3.8, 4) is 0 Å². The molecule has 2 aromatic rings. The highest BCUT2D eigenvalue weighted by Crippen LogP contribution is 2.18. The van der Waals surface area contributed by atoms with Gasteiger partial charge < -0.3 is 9.73 Å². The summed E-state index contributed by atoms with van der Waals surface area (Å²) in [6.45, 7) is 1.81. The second kappa shape index (κ2) is 4.51. The van der Waals surface area contributed by atoms with Gasteiger partial charge >= 0.3 is 11.3 Å². The molecule has 1 aliphatic rings. The van der Waals surface area contributed by atoms with E-state index >= 15 is 0 Å². The predicted octanol–water partition coefficient (Wildman–Crippen LogP) is -0.678. The van der Waals surface area contributed by atoms with E-state index in [1.807, 2.05) is 0 Å². The summed E-state index contributed by atoms with van der Waals surface area (Å²) >= 11 is 0. The molecule has 3 heterocycles. The fraction of sp³-hybridized carbons (Fsp3) is 0.417. The van der Waals surface area contributed by atoms with Gasteiger partial charge in [0.1, 0.15) is 5.39 Å². The zero-order valence-electron chi connectivity index (χ0n) is 10.1. The van der Waals surface area contributed by atoms with Crippen LogP contribution in [0.15, 0.2) is 24.9 Å². The molecular formula is C12H13N3O4. The first-order valence-corrected chi connectivity index (χ1v) is 6.13. The lowest BCUT2D eigenvalue weighted by Gasteiger charge is -2.09. The van der Waals surface area contributed by atoms with E-state index in [0.29, 0.717) is 17.9 Å². The molecule has 0 aromatic carbocycles. The first kappa shape index (κ1) is 11.9. The van der Waals surface area contributed by atoms with Gasteiger partial charge in [0.05, 0.1) is 0 Å². The normalized spacial score (nSPS) is 19.1. The maximum Gasteiger partial charge on any atom is 0.337 e. The third kappa shape index (κ3) is 2.24. The van der Waals surface area contributed by atoms with E-state index in [1.54, 1.807) is 0 Å². The Morgan fingerprint density at radius 2 is 2.11 bits per heavy atom. The average Bonchev–Trinajstić information content (AvgIpc) is 2.79. The second-order valence-electron chi connectivity index (χ2n) is 4.77. The molecule has 1 fully saturated rings. The van der Waals surface area contributed by atoms with Crippen molar-refractivity contribution in [3.05, 3.63) is 42.9 Å². The number of hydrogen-bond donors (Lipinski definition) is 3. The molecule has 3 rings (SSSR count). The van der Waals surface area contributed by atoms with E-state index < -0.39 is 16.9 Å². The molecule has 1 saturated heterocycles. The van der Waals surface area contributed by atoms with Crippen molar-refractivity contribution >= 4 is 11.1 Å². The topological polar surface area (TPSA) is 108 Å². The van der Waals surface area contributed by atoms with Gasteiger partial charge in [-0.2, -0.15) is 0 Å². The summed E-state index contributed by atoms with van der Waals surface area (Å²) in [7, 11) is 0. The molecule has 3 N–H and O–H groups in total. The molecule has 1 atom stereocenters. The van der Waals surface area contributed by atoms with Gasteiger partial charge in [-0.1, -0.05) is 0 Å². The van der Waals surface area contributed by atoms with Crippen LogP contribution in [0.2, 0.25) is 0 Å². The summed E-state index contributed by atoms with van der Waals surface area (Å²) in [5.74, 6) is 0.385. The van der Waals surface area contributed by atoms with Gasteiger partial charge in [-0.3, -0.25) is 14.8 Å². The van der Waals surface area contributed by atoms with Gasteiger partial charge in [0, 0.05) is 6.07 Å². The van der Waals surface area contributed by atoms with Crippen molar-refractivity contribution in [2.45, 2.75) is 12.8 Å². The van der Waals surface area contributed by atoms with Crippen LogP contribution in [-0.2, 0) is 6.42 Å². The average molecular weight is 263 g/mol. The quantitative estimate of drug-likeness (QED) is 0.665. The second-order valence-corrected chi connectivity index (χ2v) is 4.77.